The molecule has 2 N–H and O–H groups in total. The summed E-state index contributed by atoms with van der Waals surface area (Å²) in [5, 5.41) is 0. The highest BCUT2D eigenvalue weighted by atomic mass is 79.9. The summed E-state index contributed by atoms with van der Waals surface area (Å²) in [5.41, 5.74) is 6.47. The van der Waals surface area contributed by atoms with Gasteiger partial charge in [-0.1, -0.05) is 0 Å². The first-order chi connectivity index (χ1) is 9.92. The van der Waals surface area contributed by atoms with Crippen molar-refractivity contribution < 1.29 is 13.9 Å². The Morgan fingerprint density at radius 1 is 1.05 bits per heavy atom. The molecule has 6 heteroatoms. The van der Waals surface area contributed by atoms with Gasteiger partial charge >= 0.3 is 0 Å². The zero-order chi connectivity index (χ0) is 15.6. The molecule has 2 aromatic carbocycles. The lowest BCUT2D eigenvalue weighted by Gasteiger charge is -2.15. The molecule has 0 radical (unpaired) electrons. The van der Waals surface area contributed by atoms with E-state index in [1.807, 2.05) is 0 Å². The van der Waals surface area contributed by atoms with Gasteiger partial charge in [-0.05, 0) is 69.1 Å². The molecule has 3 nitrogen and oxygen atoms in total. The van der Waals surface area contributed by atoms with E-state index in [0.29, 0.717) is 22.8 Å². The molecular weight excluding hydrogens is 405 g/mol. The second-order valence-corrected chi connectivity index (χ2v) is 6.20. The Balaban J connectivity index is 2.41. The highest BCUT2D eigenvalue weighted by molar-refractivity contribution is 9.11. The summed E-state index contributed by atoms with van der Waals surface area (Å²) in [5.74, 6) is 1.44. The van der Waals surface area contributed by atoms with Crippen LogP contribution in [0.25, 0.3) is 0 Å². The largest absolute Gasteiger partial charge is 0.496 e. The fourth-order valence-corrected chi connectivity index (χ4v) is 2.72. The van der Waals surface area contributed by atoms with Gasteiger partial charge in [0.1, 0.15) is 23.1 Å². The smallest absolute Gasteiger partial charge is 0.143 e. The molecule has 0 aromatic heterocycles. The average molecular weight is 419 g/mol. The molecule has 0 amide bonds. The van der Waals surface area contributed by atoms with Crippen molar-refractivity contribution in [2.45, 2.75) is 13.0 Å². The molecule has 0 spiro atoms. The lowest BCUT2D eigenvalue weighted by atomic mass is 10.1. The van der Waals surface area contributed by atoms with E-state index in [1.54, 1.807) is 32.2 Å². The number of ether oxygens (including phenoxy) is 2. The second-order valence-electron chi connectivity index (χ2n) is 4.49. The number of hydrogen-bond acceptors (Lipinski definition) is 3. The molecular formula is C15H14Br2FNO2. The lowest BCUT2D eigenvalue weighted by Crippen LogP contribution is -2.07. The molecule has 2 aromatic rings. The van der Waals surface area contributed by atoms with Gasteiger partial charge in [-0.3, -0.25) is 0 Å². The fraction of sp³-hybridized carbons (Fsp3) is 0.200. The minimum atomic E-state index is -0.343. The molecule has 0 aliphatic heterocycles. The molecule has 0 aliphatic carbocycles. The van der Waals surface area contributed by atoms with Crippen molar-refractivity contribution in [1.82, 2.24) is 0 Å². The van der Waals surface area contributed by atoms with Gasteiger partial charge in [0.25, 0.3) is 0 Å². The quantitative estimate of drug-likeness (QED) is 0.744. The predicted molar refractivity (Wildman–Crippen MR) is 87.5 cm³/mol. The number of halogens is 3. The van der Waals surface area contributed by atoms with Gasteiger partial charge in [-0.25, -0.2) is 4.39 Å². The molecule has 0 saturated carbocycles. The van der Waals surface area contributed by atoms with E-state index in [9.17, 15) is 4.39 Å². The topological polar surface area (TPSA) is 44.5 Å². The molecule has 0 unspecified atom stereocenters. The summed E-state index contributed by atoms with van der Waals surface area (Å²) < 4.78 is 25.9. The van der Waals surface area contributed by atoms with E-state index in [1.165, 1.54) is 12.1 Å². The van der Waals surface area contributed by atoms with Gasteiger partial charge in [-0.2, -0.15) is 0 Å². The zero-order valence-corrected chi connectivity index (χ0v) is 14.7. The van der Waals surface area contributed by atoms with Crippen LogP contribution in [0.3, 0.4) is 0 Å². The maximum Gasteiger partial charge on any atom is 0.143 e. The Hall–Kier alpha value is -1.11. The maximum atomic E-state index is 13.3. The van der Waals surface area contributed by atoms with Gasteiger partial charge in [0.15, 0.2) is 0 Å². The summed E-state index contributed by atoms with van der Waals surface area (Å²) >= 11 is 6.83. The first kappa shape index (κ1) is 16.3. The fourth-order valence-electron chi connectivity index (χ4n) is 1.83. The number of methoxy groups -OCH3 is 1. The highest BCUT2D eigenvalue weighted by Gasteiger charge is 2.14. The summed E-state index contributed by atoms with van der Waals surface area (Å²) in [6, 6.07) is 7.51. The third kappa shape index (κ3) is 3.75. The van der Waals surface area contributed by atoms with Crippen LogP contribution >= 0.6 is 31.9 Å². The molecule has 0 bridgehead atoms. The van der Waals surface area contributed by atoms with E-state index < -0.39 is 0 Å². The van der Waals surface area contributed by atoms with Crippen molar-refractivity contribution in [3.8, 4) is 17.2 Å². The normalized spacial score (nSPS) is 12.1. The molecule has 1 atom stereocenters. The first-order valence-electron chi connectivity index (χ1n) is 6.18. The maximum absolute atomic E-state index is 13.3. The van der Waals surface area contributed by atoms with E-state index in [4.69, 9.17) is 15.2 Å². The number of nitrogens with two attached hydrogens (primary N) is 1. The minimum Gasteiger partial charge on any atom is -0.496 e. The third-order valence-electron chi connectivity index (χ3n) is 2.89. The van der Waals surface area contributed by atoms with Crippen molar-refractivity contribution in [3.05, 3.63) is 50.7 Å². The van der Waals surface area contributed by atoms with Crippen molar-refractivity contribution in [2.75, 3.05) is 7.11 Å². The van der Waals surface area contributed by atoms with Crippen LogP contribution in [0.1, 0.15) is 18.5 Å². The molecule has 112 valence electrons. The van der Waals surface area contributed by atoms with Gasteiger partial charge in [0.2, 0.25) is 0 Å². The van der Waals surface area contributed by atoms with E-state index in [-0.39, 0.29) is 11.9 Å². The molecule has 0 aliphatic rings. The summed E-state index contributed by atoms with van der Waals surface area (Å²) in [6.07, 6.45) is 0. The van der Waals surface area contributed by atoms with Crippen LogP contribution in [-0.4, -0.2) is 7.11 Å². The van der Waals surface area contributed by atoms with Crippen LogP contribution in [0, 0.1) is 5.82 Å². The van der Waals surface area contributed by atoms with E-state index in [0.717, 1.165) is 8.95 Å². The van der Waals surface area contributed by atoms with Crippen molar-refractivity contribution in [1.29, 1.82) is 0 Å². The Labute approximate surface area is 139 Å². The minimum absolute atomic E-state index is 0.337. The molecule has 0 fully saturated rings. The number of rotatable bonds is 4. The average Bonchev–Trinajstić information content (AvgIpc) is 2.44. The lowest BCUT2D eigenvalue weighted by molar-refractivity contribution is 0.409. The van der Waals surface area contributed by atoms with Crippen LogP contribution in [0.2, 0.25) is 0 Å². The van der Waals surface area contributed by atoms with Crippen molar-refractivity contribution in [2.24, 2.45) is 5.73 Å². The standard InChI is InChI=1S/C15H14Br2FNO2/c1-8(19)10-5-9(18)3-4-13(10)21-15-7-11(16)14(20-2)6-12(15)17/h3-8H,19H2,1-2H3/t8-/m0/s1. The Bertz CT molecular complexity index is 662. The Morgan fingerprint density at radius 3 is 2.29 bits per heavy atom. The first-order valence-corrected chi connectivity index (χ1v) is 7.77. The van der Waals surface area contributed by atoms with E-state index in [2.05, 4.69) is 31.9 Å². The Kier molecular flexibility index (Phi) is 5.24. The van der Waals surface area contributed by atoms with Crippen LogP contribution in [0.5, 0.6) is 17.2 Å². The zero-order valence-electron chi connectivity index (χ0n) is 11.5. The van der Waals surface area contributed by atoms with Crippen LogP contribution in [-0.2, 0) is 0 Å². The van der Waals surface area contributed by atoms with Crippen LogP contribution in [0.4, 0.5) is 4.39 Å². The summed E-state index contributed by atoms with van der Waals surface area (Å²) in [4.78, 5) is 0. The monoisotopic (exact) mass is 417 g/mol. The van der Waals surface area contributed by atoms with Crippen molar-refractivity contribution in [3.63, 3.8) is 0 Å². The Morgan fingerprint density at radius 2 is 1.67 bits per heavy atom. The van der Waals surface area contributed by atoms with E-state index >= 15 is 0 Å². The molecule has 21 heavy (non-hydrogen) atoms. The molecule has 0 saturated heterocycles. The molecule has 2 rings (SSSR count). The number of hydrogen-bond donors (Lipinski definition) is 1. The molecule has 0 heterocycles. The van der Waals surface area contributed by atoms with Gasteiger partial charge < -0.3 is 15.2 Å². The summed E-state index contributed by atoms with van der Waals surface area (Å²) in [7, 11) is 1.58. The van der Waals surface area contributed by atoms with Crippen LogP contribution in [0.15, 0.2) is 39.3 Å². The highest BCUT2D eigenvalue weighted by Crippen LogP contribution is 2.39. The van der Waals surface area contributed by atoms with Crippen molar-refractivity contribution >= 4 is 31.9 Å². The third-order valence-corrected chi connectivity index (χ3v) is 4.13. The predicted octanol–water partition coefficient (Wildman–Crippen LogP) is 5.17. The van der Waals surface area contributed by atoms with Gasteiger partial charge in [0.05, 0.1) is 16.1 Å². The summed E-state index contributed by atoms with van der Waals surface area (Å²) in [6.45, 7) is 1.78. The van der Waals surface area contributed by atoms with Crippen LogP contribution < -0.4 is 15.2 Å². The van der Waals surface area contributed by atoms with Gasteiger partial charge in [-0.15, -0.1) is 0 Å². The number of benzene rings is 2. The SMILES string of the molecule is COc1cc(Br)c(Oc2ccc(F)cc2[C@H](C)N)cc1Br. The van der Waals surface area contributed by atoms with Gasteiger partial charge in [0, 0.05) is 11.6 Å². The second kappa shape index (κ2) is 6.77.